The van der Waals surface area contributed by atoms with Gasteiger partial charge in [0.1, 0.15) is 0 Å². The number of carbonyl (C=O) groups excluding carboxylic acids is 3. The molecule has 0 aliphatic carbocycles. The van der Waals surface area contributed by atoms with Crippen LogP contribution in [0.25, 0.3) is 0 Å². The lowest BCUT2D eigenvalue weighted by atomic mass is 10.2. The number of amides is 3. The smallest absolute Gasteiger partial charge is 0.251 e. The SMILES string of the molecule is Cc1ccc(SCC(=O)NNC(=O)CCNC(=O)c2ccccc2)cc1. The molecule has 0 fully saturated rings. The number of rotatable bonds is 7. The van der Waals surface area contributed by atoms with Gasteiger partial charge in [-0.1, -0.05) is 35.9 Å². The molecule has 2 rings (SSSR count). The molecule has 0 atom stereocenters. The molecule has 0 radical (unpaired) electrons. The fourth-order valence-electron chi connectivity index (χ4n) is 2.00. The summed E-state index contributed by atoms with van der Waals surface area (Å²) >= 11 is 1.39. The summed E-state index contributed by atoms with van der Waals surface area (Å²) in [5, 5.41) is 2.65. The number of thioether (sulfide) groups is 1. The molecule has 7 heteroatoms. The van der Waals surface area contributed by atoms with Crippen LogP contribution in [-0.2, 0) is 9.59 Å². The van der Waals surface area contributed by atoms with Crippen LogP contribution in [0.1, 0.15) is 22.3 Å². The van der Waals surface area contributed by atoms with E-state index in [0.717, 1.165) is 10.5 Å². The van der Waals surface area contributed by atoms with Crippen molar-refractivity contribution >= 4 is 29.5 Å². The summed E-state index contributed by atoms with van der Waals surface area (Å²) in [5.74, 6) is -0.699. The van der Waals surface area contributed by atoms with Crippen LogP contribution in [0.4, 0.5) is 0 Å². The first-order chi connectivity index (χ1) is 12.5. The summed E-state index contributed by atoms with van der Waals surface area (Å²) in [6.45, 7) is 2.19. The van der Waals surface area contributed by atoms with Gasteiger partial charge in [-0.3, -0.25) is 25.2 Å². The van der Waals surface area contributed by atoms with Crippen LogP contribution in [0.5, 0.6) is 0 Å². The number of hydrogen-bond acceptors (Lipinski definition) is 4. The normalized spacial score (nSPS) is 10.0. The van der Waals surface area contributed by atoms with Crippen molar-refractivity contribution in [1.29, 1.82) is 0 Å². The zero-order valence-electron chi connectivity index (χ0n) is 14.5. The van der Waals surface area contributed by atoms with Gasteiger partial charge in [0.2, 0.25) is 11.8 Å². The Balaban J connectivity index is 1.60. The molecule has 0 unspecified atom stereocenters. The zero-order chi connectivity index (χ0) is 18.8. The Morgan fingerprint density at radius 3 is 2.23 bits per heavy atom. The predicted octanol–water partition coefficient (Wildman–Crippen LogP) is 2.05. The van der Waals surface area contributed by atoms with Crippen LogP contribution < -0.4 is 16.2 Å². The summed E-state index contributed by atoms with van der Waals surface area (Å²) in [6.07, 6.45) is 0.0734. The minimum atomic E-state index is -0.368. The first-order valence-corrected chi connectivity index (χ1v) is 9.13. The van der Waals surface area contributed by atoms with E-state index in [1.165, 1.54) is 11.8 Å². The molecule has 0 saturated carbocycles. The largest absolute Gasteiger partial charge is 0.352 e. The predicted molar refractivity (Wildman–Crippen MR) is 102 cm³/mol. The van der Waals surface area contributed by atoms with Gasteiger partial charge in [0.15, 0.2) is 0 Å². The van der Waals surface area contributed by atoms with E-state index in [0.29, 0.717) is 5.56 Å². The van der Waals surface area contributed by atoms with E-state index >= 15 is 0 Å². The fourth-order valence-corrected chi connectivity index (χ4v) is 2.70. The number of benzene rings is 2. The van der Waals surface area contributed by atoms with Crippen LogP contribution >= 0.6 is 11.8 Å². The van der Waals surface area contributed by atoms with Gasteiger partial charge < -0.3 is 5.32 Å². The van der Waals surface area contributed by atoms with Crippen molar-refractivity contribution in [2.75, 3.05) is 12.3 Å². The molecule has 0 heterocycles. The highest BCUT2D eigenvalue weighted by Crippen LogP contribution is 2.17. The molecule has 26 heavy (non-hydrogen) atoms. The summed E-state index contributed by atoms with van der Waals surface area (Å²) in [6, 6.07) is 16.6. The van der Waals surface area contributed by atoms with Crippen LogP contribution in [0.15, 0.2) is 59.5 Å². The average Bonchev–Trinajstić information content (AvgIpc) is 2.66. The van der Waals surface area contributed by atoms with Crippen molar-refractivity contribution in [3.8, 4) is 0 Å². The minimum absolute atomic E-state index is 0.0734. The monoisotopic (exact) mass is 371 g/mol. The van der Waals surface area contributed by atoms with Crippen LogP contribution in [0.3, 0.4) is 0 Å². The van der Waals surface area contributed by atoms with Gasteiger partial charge >= 0.3 is 0 Å². The third-order valence-corrected chi connectivity index (χ3v) is 4.42. The standard InChI is InChI=1S/C19H21N3O3S/c1-14-7-9-16(10-8-14)26-13-18(24)22-21-17(23)11-12-20-19(25)15-5-3-2-4-6-15/h2-10H,11-13H2,1H3,(H,20,25)(H,21,23)(H,22,24). The Labute approximate surface area is 156 Å². The van der Waals surface area contributed by atoms with Gasteiger partial charge in [-0.2, -0.15) is 0 Å². The molecule has 136 valence electrons. The lowest BCUT2D eigenvalue weighted by Crippen LogP contribution is -2.43. The van der Waals surface area contributed by atoms with E-state index in [2.05, 4.69) is 16.2 Å². The summed E-state index contributed by atoms with van der Waals surface area (Å²) < 4.78 is 0. The maximum absolute atomic E-state index is 11.8. The van der Waals surface area contributed by atoms with Crippen molar-refractivity contribution < 1.29 is 14.4 Å². The van der Waals surface area contributed by atoms with E-state index in [1.807, 2.05) is 37.3 Å². The maximum atomic E-state index is 11.8. The van der Waals surface area contributed by atoms with E-state index in [1.54, 1.807) is 24.3 Å². The Bertz CT molecular complexity index is 748. The highest BCUT2D eigenvalue weighted by molar-refractivity contribution is 8.00. The van der Waals surface area contributed by atoms with Crippen molar-refractivity contribution in [3.05, 3.63) is 65.7 Å². The fraction of sp³-hybridized carbons (Fsp3) is 0.211. The van der Waals surface area contributed by atoms with Crippen LogP contribution in [-0.4, -0.2) is 30.0 Å². The maximum Gasteiger partial charge on any atom is 0.251 e. The van der Waals surface area contributed by atoms with Crippen molar-refractivity contribution in [2.24, 2.45) is 0 Å². The van der Waals surface area contributed by atoms with Gasteiger partial charge in [-0.05, 0) is 31.2 Å². The molecular weight excluding hydrogens is 350 g/mol. The number of hydrogen-bond donors (Lipinski definition) is 3. The second-order valence-corrected chi connectivity index (χ2v) is 6.62. The van der Waals surface area contributed by atoms with Crippen molar-refractivity contribution in [3.63, 3.8) is 0 Å². The third-order valence-electron chi connectivity index (χ3n) is 3.41. The molecule has 0 spiro atoms. The lowest BCUT2D eigenvalue weighted by Gasteiger charge is -2.08. The number of aryl methyl sites for hydroxylation is 1. The second kappa shape index (κ2) is 10.2. The molecule has 2 aromatic rings. The average molecular weight is 371 g/mol. The number of carbonyl (C=O) groups is 3. The topological polar surface area (TPSA) is 87.3 Å². The molecular formula is C19H21N3O3S. The minimum Gasteiger partial charge on any atom is -0.352 e. The highest BCUT2D eigenvalue weighted by Gasteiger charge is 2.07. The molecule has 3 N–H and O–H groups in total. The van der Waals surface area contributed by atoms with E-state index in [9.17, 15) is 14.4 Å². The number of nitrogens with one attached hydrogen (secondary N) is 3. The van der Waals surface area contributed by atoms with Crippen LogP contribution in [0, 0.1) is 6.92 Å². The van der Waals surface area contributed by atoms with Gasteiger partial charge in [-0.25, -0.2) is 0 Å². The lowest BCUT2D eigenvalue weighted by molar-refractivity contribution is -0.127. The Kier molecular flexibility index (Phi) is 7.70. The summed E-state index contributed by atoms with van der Waals surface area (Å²) in [5.41, 5.74) is 6.39. The molecule has 6 nitrogen and oxygen atoms in total. The Morgan fingerprint density at radius 2 is 1.54 bits per heavy atom. The zero-order valence-corrected chi connectivity index (χ0v) is 15.3. The van der Waals surface area contributed by atoms with E-state index < -0.39 is 0 Å². The highest BCUT2D eigenvalue weighted by atomic mass is 32.2. The van der Waals surface area contributed by atoms with Gasteiger partial charge in [0.05, 0.1) is 5.75 Å². The van der Waals surface area contributed by atoms with Gasteiger partial charge in [-0.15, -0.1) is 11.8 Å². The van der Waals surface area contributed by atoms with Crippen LogP contribution in [0.2, 0.25) is 0 Å². The molecule has 2 aromatic carbocycles. The van der Waals surface area contributed by atoms with Gasteiger partial charge in [0, 0.05) is 23.4 Å². The Morgan fingerprint density at radius 1 is 0.885 bits per heavy atom. The summed E-state index contributed by atoms with van der Waals surface area (Å²) in [7, 11) is 0. The Hall–Kier alpha value is -2.80. The van der Waals surface area contributed by atoms with Crippen molar-refractivity contribution in [2.45, 2.75) is 18.2 Å². The van der Waals surface area contributed by atoms with E-state index in [-0.39, 0.29) is 36.4 Å². The van der Waals surface area contributed by atoms with Crippen molar-refractivity contribution in [1.82, 2.24) is 16.2 Å². The first kappa shape index (κ1) is 19.5. The molecule has 0 bridgehead atoms. The summed E-state index contributed by atoms with van der Waals surface area (Å²) in [4.78, 5) is 36.2. The second-order valence-electron chi connectivity index (χ2n) is 5.57. The molecule has 0 aliphatic rings. The number of hydrazine groups is 1. The molecule has 0 saturated heterocycles. The van der Waals surface area contributed by atoms with E-state index in [4.69, 9.17) is 0 Å². The molecule has 0 aromatic heterocycles. The first-order valence-electron chi connectivity index (χ1n) is 8.15. The molecule has 3 amide bonds. The third kappa shape index (κ3) is 6.98. The quantitative estimate of drug-likeness (QED) is 0.514. The molecule has 0 aliphatic heterocycles. The van der Waals surface area contributed by atoms with Gasteiger partial charge in [0.25, 0.3) is 5.91 Å².